The van der Waals surface area contributed by atoms with E-state index < -0.39 is 51.1 Å². The third-order valence-corrected chi connectivity index (χ3v) is 7.78. The molecule has 2 aliphatic heterocycles. The molecule has 34 heavy (non-hydrogen) atoms. The molecule has 1 amide bonds. The van der Waals surface area contributed by atoms with Gasteiger partial charge in [0.05, 0.1) is 18.9 Å². The molecule has 0 aromatic heterocycles. The van der Waals surface area contributed by atoms with Crippen molar-refractivity contribution in [1.82, 2.24) is 9.62 Å². The molecule has 0 radical (unpaired) electrons. The van der Waals surface area contributed by atoms with Crippen molar-refractivity contribution in [3.63, 3.8) is 0 Å². The number of hydrogen-bond acceptors (Lipinski definition) is 4. The van der Waals surface area contributed by atoms with Crippen molar-refractivity contribution in [3.05, 3.63) is 59.4 Å². The summed E-state index contributed by atoms with van der Waals surface area (Å²) >= 11 is 0. The first-order chi connectivity index (χ1) is 16.1. The SMILES string of the molecule is CS(=O)(=O)N[C@@H]1[C@H](Cc2cc(F)cc(-c3cccc(F)c3)c2F)N(C(=O)C2CCO2)CC12CC2. The number of rotatable bonds is 6. The van der Waals surface area contributed by atoms with Crippen molar-refractivity contribution < 1.29 is 31.1 Å². The maximum absolute atomic E-state index is 15.6. The standard InChI is InChI=1S/C24H25F3N2O4S/c1-34(31,32)28-22-19(29(13-24(22)6-7-24)23(30)20-5-8-33-20)11-15-10-17(26)12-18(21(15)27)14-3-2-4-16(25)9-14/h2-4,9-10,12,19-20,22,28H,5-8,11,13H2,1H3/t19-,20?,22+/m0/s1. The van der Waals surface area contributed by atoms with E-state index in [0.29, 0.717) is 19.6 Å². The zero-order chi connectivity index (χ0) is 24.3. The lowest BCUT2D eigenvalue weighted by Gasteiger charge is -2.34. The Balaban J connectivity index is 1.54. The Hall–Kier alpha value is -2.43. The van der Waals surface area contributed by atoms with Crippen LogP contribution >= 0.6 is 0 Å². The lowest BCUT2D eigenvalue weighted by atomic mass is 9.91. The highest BCUT2D eigenvalue weighted by molar-refractivity contribution is 7.88. The number of benzene rings is 2. The maximum Gasteiger partial charge on any atom is 0.252 e. The largest absolute Gasteiger partial charge is 0.368 e. The number of sulfonamides is 1. The summed E-state index contributed by atoms with van der Waals surface area (Å²) in [6.07, 6.45) is 2.37. The van der Waals surface area contributed by atoms with Gasteiger partial charge in [-0.05, 0) is 54.7 Å². The van der Waals surface area contributed by atoms with Gasteiger partial charge in [0, 0.05) is 30.0 Å². The third-order valence-electron chi connectivity index (χ3n) is 7.10. The number of nitrogens with zero attached hydrogens (tertiary/aromatic N) is 1. The van der Waals surface area contributed by atoms with Crippen LogP contribution < -0.4 is 4.72 Å². The van der Waals surface area contributed by atoms with Crippen LogP contribution in [0.25, 0.3) is 11.1 Å². The van der Waals surface area contributed by atoms with Gasteiger partial charge in [0.15, 0.2) is 0 Å². The predicted octanol–water partition coefficient (Wildman–Crippen LogP) is 3.01. The molecule has 0 bridgehead atoms. The Morgan fingerprint density at radius 1 is 1.18 bits per heavy atom. The number of carbonyl (C=O) groups excluding carboxylic acids is 1. The van der Waals surface area contributed by atoms with E-state index in [4.69, 9.17) is 4.74 Å². The van der Waals surface area contributed by atoms with Crippen LogP contribution in [0.1, 0.15) is 24.8 Å². The number of nitrogens with one attached hydrogen (secondary N) is 1. The Morgan fingerprint density at radius 3 is 2.50 bits per heavy atom. The molecule has 2 aromatic carbocycles. The summed E-state index contributed by atoms with van der Waals surface area (Å²) in [5.41, 5.74) is -0.344. The van der Waals surface area contributed by atoms with Crippen LogP contribution in [-0.2, 0) is 26.0 Å². The quantitative estimate of drug-likeness (QED) is 0.670. The summed E-state index contributed by atoms with van der Waals surface area (Å²) in [6.45, 7) is 0.803. The van der Waals surface area contributed by atoms with Crippen LogP contribution in [0.2, 0.25) is 0 Å². The van der Waals surface area contributed by atoms with E-state index in [0.717, 1.165) is 37.3 Å². The lowest BCUT2D eigenvalue weighted by Crippen LogP contribution is -2.53. The second kappa shape index (κ2) is 8.35. The molecule has 3 aliphatic rings. The van der Waals surface area contributed by atoms with Gasteiger partial charge in [-0.1, -0.05) is 12.1 Å². The average Bonchev–Trinajstić information content (AvgIpc) is 3.43. The molecule has 3 atom stereocenters. The van der Waals surface area contributed by atoms with Gasteiger partial charge in [0.2, 0.25) is 10.0 Å². The van der Waals surface area contributed by atoms with Gasteiger partial charge >= 0.3 is 0 Å². The number of halogens is 3. The van der Waals surface area contributed by atoms with E-state index in [1.165, 1.54) is 18.2 Å². The van der Waals surface area contributed by atoms with Gasteiger partial charge in [-0.3, -0.25) is 4.79 Å². The monoisotopic (exact) mass is 494 g/mol. The fourth-order valence-electron chi connectivity index (χ4n) is 5.18. The number of likely N-dealkylation sites (tertiary alicyclic amines) is 1. The highest BCUT2D eigenvalue weighted by Gasteiger charge is 2.61. The highest BCUT2D eigenvalue weighted by Crippen LogP contribution is 2.56. The van der Waals surface area contributed by atoms with Gasteiger partial charge in [0.25, 0.3) is 5.91 Å². The van der Waals surface area contributed by atoms with Crippen LogP contribution in [0.5, 0.6) is 0 Å². The molecule has 1 N–H and O–H groups in total. The summed E-state index contributed by atoms with van der Waals surface area (Å²) in [4.78, 5) is 14.7. The number of ether oxygens (including phenoxy) is 1. The van der Waals surface area contributed by atoms with Crippen molar-refractivity contribution in [3.8, 4) is 11.1 Å². The number of hydrogen-bond donors (Lipinski definition) is 1. The first-order valence-corrected chi connectivity index (χ1v) is 13.1. The minimum atomic E-state index is -3.63. The Bertz CT molecular complexity index is 1240. The lowest BCUT2D eigenvalue weighted by molar-refractivity contribution is -0.157. The van der Waals surface area contributed by atoms with Gasteiger partial charge in [-0.2, -0.15) is 0 Å². The topological polar surface area (TPSA) is 75.7 Å². The normalized spacial score (nSPS) is 25.4. The number of carbonyl (C=O) groups is 1. The summed E-state index contributed by atoms with van der Waals surface area (Å²) in [7, 11) is -3.63. The van der Waals surface area contributed by atoms with Crippen molar-refractivity contribution >= 4 is 15.9 Å². The Morgan fingerprint density at radius 2 is 1.91 bits per heavy atom. The molecule has 6 nitrogen and oxygen atoms in total. The Labute approximate surface area is 196 Å². The third kappa shape index (κ3) is 4.34. The molecule has 10 heteroatoms. The van der Waals surface area contributed by atoms with Gasteiger partial charge in [0.1, 0.15) is 23.6 Å². The van der Waals surface area contributed by atoms with Crippen LogP contribution in [0.15, 0.2) is 36.4 Å². The van der Waals surface area contributed by atoms with E-state index in [1.807, 2.05) is 0 Å². The van der Waals surface area contributed by atoms with E-state index in [2.05, 4.69) is 4.72 Å². The molecule has 1 spiro atoms. The van der Waals surface area contributed by atoms with Crippen molar-refractivity contribution in [2.45, 2.75) is 43.9 Å². The van der Waals surface area contributed by atoms with Crippen molar-refractivity contribution in [1.29, 1.82) is 0 Å². The Kier molecular flexibility index (Phi) is 5.73. The fourth-order valence-corrected chi connectivity index (χ4v) is 6.05. The molecular weight excluding hydrogens is 469 g/mol. The molecule has 182 valence electrons. The van der Waals surface area contributed by atoms with Crippen LogP contribution in [-0.4, -0.2) is 56.8 Å². The molecule has 2 aromatic rings. The first kappa shape index (κ1) is 23.3. The molecule has 1 unspecified atom stereocenters. The average molecular weight is 495 g/mol. The highest BCUT2D eigenvalue weighted by atomic mass is 32.2. The van der Waals surface area contributed by atoms with Gasteiger partial charge < -0.3 is 9.64 Å². The summed E-state index contributed by atoms with van der Waals surface area (Å²) in [5.74, 6) is -2.27. The fraction of sp³-hybridized carbons (Fsp3) is 0.458. The minimum Gasteiger partial charge on any atom is -0.368 e. The maximum atomic E-state index is 15.6. The predicted molar refractivity (Wildman–Crippen MR) is 119 cm³/mol. The minimum absolute atomic E-state index is 0.00501. The first-order valence-electron chi connectivity index (χ1n) is 11.2. The summed E-state index contributed by atoms with van der Waals surface area (Å²) in [6, 6.07) is 5.93. The van der Waals surface area contributed by atoms with E-state index in [-0.39, 0.29) is 29.0 Å². The van der Waals surface area contributed by atoms with Crippen LogP contribution in [0.3, 0.4) is 0 Å². The van der Waals surface area contributed by atoms with E-state index in [9.17, 15) is 22.0 Å². The van der Waals surface area contributed by atoms with E-state index >= 15 is 4.39 Å². The molecular formula is C24H25F3N2O4S. The molecule has 2 saturated heterocycles. The molecule has 5 rings (SSSR count). The molecule has 1 aliphatic carbocycles. The molecule has 1 saturated carbocycles. The van der Waals surface area contributed by atoms with Crippen LogP contribution in [0.4, 0.5) is 13.2 Å². The second-order valence-electron chi connectivity index (χ2n) is 9.55. The summed E-state index contributed by atoms with van der Waals surface area (Å²) in [5, 5.41) is 0. The summed E-state index contributed by atoms with van der Waals surface area (Å²) < 4.78 is 76.3. The molecule has 3 fully saturated rings. The van der Waals surface area contributed by atoms with Gasteiger partial charge in [-0.25, -0.2) is 26.3 Å². The molecule has 2 heterocycles. The zero-order valence-corrected chi connectivity index (χ0v) is 19.4. The van der Waals surface area contributed by atoms with Gasteiger partial charge in [-0.15, -0.1) is 0 Å². The number of amides is 1. The zero-order valence-electron chi connectivity index (χ0n) is 18.6. The smallest absolute Gasteiger partial charge is 0.252 e. The van der Waals surface area contributed by atoms with Crippen LogP contribution in [0, 0.1) is 22.9 Å². The van der Waals surface area contributed by atoms with Crippen molar-refractivity contribution in [2.24, 2.45) is 5.41 Å². The van der Waals surface area contributed by atoms with Crippen molar-refractivity contribution in [2.75, 3.05) is 19.4 Å². The second-order valence-corrected chi connectivity index (χ2v) is 11.3. The van der Waals surface area contributed by atoms with E-state index in [1.54, 1.807) is 4.90 Å².